The van der Waals surface area contributed by atoms with E-state index in [0.29, 0.717) is 51.2 Å². The van der Waals surface area contributed by atoms with Gasteiger partial charge in [-0.25, -0.2) is 4.90 Å². The van der Waals surface area contributed by atoms with Crippen molar-refractivity contribution in [3.63, 3.8) is 0 Å². The Bertz CT molecular complexity index is 1590. The highest BCUT2D eigenvalue weighted by Gasteiger charge is 2.36. The lowest BCUT2D eigenvalue weighted by Gasteiger charge is -2.15. The van der Waals surface area contributed by atoms with Crippen LogP contribution >= 0.6 is 23.8 Å². The fraction of sp³-hybridized carbons (Fsp3) is 0.0667. The summed E-state index contributed by atoms with van der Waals surface area (Å²) in [6.07, 6.45) is 0. The van der Waals surface area contributed by atoms with E-state index in [0.717, 1.165) is 10.5 Å². The zero-order valence-corrected chi connectivity index (χ0v) is 22.7. The van der Waals surface area contributed by atoms with Gasteiger partial charge in [-0.1, -0.05) is 35.9 Å². The molecule has 0 atom stereocenters. The molecule has 5 rings (SSSR count). The molecule has 0 unspecified atom stereocenters. The molecule has 1 aliphatic heterocycles. The van der Waals surface area contributed by atoms with Gasteiger partial charge in [-0.05, 0) is 84.5 Å². The van der Waals surface area contributed by atoms with Gasteiger partial charge in [-0.2, -0.15) is 0 Å². The van der Waals surface area contributed by atoms with Gasteiger partial charge in [0.25, 0.3) is 17.7 Å². The molecule has 0 spiro atoms. The van der Waals surface area contributed by atoms with Gasteiger partial charge in [0, 0.05) is 16.3 Å². The maximum Gasteiger partial charge on any atom is 0.266 e. The van der Waals surface area contributed by atoms with E-state index in [1.54, 1.807) is 78.9 Å². The predicted molar refractivity (Wildman–Crippen MR) is 156 cm³/mol. The van der Waals surface area contributed by atoms with E-state index in [9.17, 15) is 14.4 Å². The van der Waals surface area contributed by atoms with Crippen molar-refractivity contribution in [3.8, 4) is 11.5 Å². The van der Waals surface area contributed by atoms with Gasteiger partial charge in [-0.15, -0.1) is 0 Å². The van der Waals surface area contributed by atoms with E-state index in [4.69, 9.17) is 33.3 Å². The second-order valence-corrected chi connectivity index (χ2v) is 9.57. The number of nitrogens with zero attached hydrogens (tertiary/aromatic N) is 1. The Balaban J connectivity index is 1.19. The number of rotatable bonds is 7. The average molecular weight is 572 g/mol. The first kappa shape index (κ1) is 26.9. The van der Waals surface area contributed by atoms with Crippen LogP contribution in [-0.4, -0.2) is 29.9 Å². The molecule has 1 aliphatic rings. The van der Waals surface area contributed by atoms with Crippen molar-refractivity contribution in [3.05, 3.63) is 118 Å². The number of benzene rings is 4. The number of ether oxygens (including phenoxy) is 2. The number of methoxy groups -OCH3 is 1. The van der Waals surface area contributed by atoms with Crippen LogP contribution in [0.1, 0.15) is 36.6 Å². The third-order valence-electron chi connectivity index (χ3n) is 6.14. The zero-order chi connectivity index (χ0) is 28.2. The summed E-state index contributed by atoms with van der Waals surface area (Å²) in [6, 6.07) is 25.4. The molecule has 0 fully saturated rings. The van der Waals surface area contributed by atoms with E-state index in [1.807, 2.05) is 12.1 Å². The van der Waals surface area contributed by atoms with Crippen LogP contribution in [0.2, 0.25) is 5.02 Å². The lowest BCUT2D eigenvalue weighted by Crippen LogP contribution is -2.34. The first-order valence-electron chi connectivity index (χ1n) is 12.1. The predicted octanol–water partition coefficient (Wildman–Crippen LogP) is 5.86. The fourth-order valence-electron chi connectivity index (χ4n) is 4.12. The lowest BCUT2D eigenvalue weighted by atomic mass is 10.1. The maximum absolute atomic E-state index is 12.8. The van der Waals surface area contributed by atoms with Crippen molar-refractivity contribution < 1.29 is 23.9 Å². The van der Waals surface area contributed by atoms with E-state index >= 15 is 0 Å². The van der Waals surface area contributed by atoms with E-state index < -0.39 is 5.91 Å². The van der Waals surface area contributed by atoms with Crippen LogP contribution in [0.4, 0.5) is 11.4 Å². The van der Waals surface area contributed by atoms with Crippen LogP contribution in [-0.2, 0) is 6.61 Å². The van der Waals surface area contributed by atoms with Gasteiger partial charge in [0.05, 0.1) is 23.9 Å². The number of halogens is 1. The molecule has 0 bridgehead atoms. The molecule has 10 heteroatoms. The quantitative estimate of drug-likeness (QED) is 0.212. The highest BCUT2D eigenvalue weighted by atomic mass is 35.5. The Kier molecular flexibility index (Phi) is 7.77. The summed E-state index contributed by atoms with van der Waals surface area (Å²) >= 11 is 11.2. The van der Waals surface area contributed by atoms with Crippen LogP contribution in [0.15, 0.2) is 91.0 Å². The molecule has 40 heavy (non-hydrogen) atoms. The minimum absolute atomic E-state index is 0.0699. The Morgan fingerprint density at radius 3 is 2.15 bits per heavy atom. The average Bonchev–Trinajstić information content (AvgIpc) is 3.22. The van der Waals surface area contributed by atoms with E-state index in [2.05, 4.69) is 10.6 Å². The summed E-state index contributed by atoms with van der Waals surface area (Å²) in [5.41, 5.74) is 2.99. The standard InChI is InChI=1S/C30H22ClN3O5S/c1-38-26-16-19(8-15-25(26)39-17-18-6-9-20(31)10-7-18)27(35)33-30(40)32-21-11-13-22(14-12-21)34-28(36)23-4-2-3-5-24(23)29(34)37/h2-16H,17H2,1H3,(H2,32,33,35,40). The smallest absolute Gasteiger partial charge is 0.266 e. The molecule has 3 amide bonds. The van der Waals surface area contributed by atoms with Crippen LogP contribution in [0.3, 0.4) is 0 Å². The van der Waals surface area contributed by atoms with Crippen molar-refractivity contribution in [2.24, 2.45) is 0 Å². The fourth-order valence-corrected chi connectivity index (χ4v) is 4.46. The molecule has 0 aromatic heterocycles. The number of imide groups is 1. The molecule has 4 aromatic carbocycles. The van der Waals surface area contributed by atoms with Gasteiger partial charge in [0.2, 0.25) is 0 Å². The van der Waals surface area contributed by atoms with E-state index in [-0.39, 0.29) is 16.9 Å². The molecule has 0 saturated heterocycles. The van der Waals surface area contributed by atoms with Gasteiger partial charge >= 0.3 is 0 Å². The van der Waals surface area contributed by atoms with Crippen LogP contribution in [0, 0.1) is 0 Å². The first-order chi connectivity index (χ1) is 19.3. The number of carbonyl (C=O) groups is 3. The number of nitrogens with one attached hydrogen (secondary N) is 2. The topological polar surface area (TPSA) is 97.0 Å². The summed E-state index contributed by atoms with van der Waals surface area (Å²) in [7, 11) is 1.49. The van der Waals surface area contributed by atoms with Gasteiger partial charge in [0.1, 0.15) is 6.61 Å². The Morgan fingerprint density at radius 2 is 1.52 bits per heavy atom. The molecular weight excluding hydrogens is 550 g/mol. The van der Waals surface area contributed by atoms with Gasteiger partial charge in [0.15, 0.2) is 16.6 Å². The normalized spacial score (nSPS) is 12.1. The molecule has 1 heterocycles. The molecule has 8 nitrogen and oxygen atoms in total. The third-order valence-corrected chi connectivity index (χ3v) is 6.59. The number of carbonyl (C=O) groups excluding carboxylic acids is 3. The monoisotopic (exact) mass is 571 g/mol. The number of amides is 3. The van der Waals surface area contributed by atoms with Crippen LogP contribution < -0.4 is 25.0 Å². The first-order valence-corrected chi connectivity index (χ1v) is 12.9. The summed E-state index contributed by atoms with van der Waals surface area (Å²) in [5.74, 6) is -0.318. The highest BCUT2D eigenvalue weighted by Crippen LogP contribution is 2.30. The molecule has 0 saturated carbocycles. The molecular formula is C30H22ClN3O5S. The number of hydrogen-bond acceptors (Lipinski definition) is 6. The second kappa shape index (κ2) is 11.6. The number of hydrogen-bond donors (Lipinski definition) is 2. The largest absolute Gasteiger partial charge is 0.493 e. The minimum Gasteiger partial charge on any atom is -0.493 e. The summed E-state index contributed by atoms with van der Waals surface area (Å²) < 4.78 is 11.3. The van der Waals surface area contributed by atoms with Crippen LogP contribution in [0.5, 0.6) is 11.5 Å². The van der Waals surface area contributed by atoms with Crippen molar-refractivity contribution in [1.82, 2.24) is 5.32 Å². The van der Waals surface area contributed by atoms with Gasteiger partial charge in [-0.3, -0.25) is 19.7 Å². The van der Waals surface area contributed by atoms with Crippen molar-refractivity contribution in [2.75, 3.05) is 17.3 Å². The SMILES string of the molecule is COc1cc(C(=O)NC(=S)Nc2ccc(N3C(=O)c4ccccc4C3=O)cc2)ccc1OCc1ccc(Cl)cc1. The Hall–Kier alpha value is -4.73. The number of fused-ring (bicyclic) bond motifs is 1. The highest BCUT2D eigenvalue weighted by molar-refractivity contribution is 7.80. The summed E-state index contributed by atoms with van der Waals surface area (Å²) in [4.78, 5) is 39.4. The van der Waals surface area contributed by atoms with Gasteiger partial charge < -0.3 is 14.8 Å². The van der Waals surface area contributed by atoms with Crippen molar-refractivity contribution in [1.29, 1.82) is 0 Å². The lowest BCUT2D eigenvalue weighted by molar-refractivity contribution is 0.0923. The third kappa shape index (κ3) is 5.66. The molecule has 0 radical (unpaired) electrons. The molecule has 0 aliphatic carbocycles. The minimum atomic E-state index is -0.442. The Labute approximate surface area is 240 Å². The van der Waals surface area contributed by atoms with Crippen molar-refractivity contribution >= 4 is 58.0 Å². The molecule has 200 valence electrons. The molecule has 2 N–H and O–H groups in total. The Morgan fingerprint density at radius 1 is 0.875 bits per heavy atom. The number of thiocarbonyl (C=S) groups is 1. The molecule has 4 aromatic rings. The second-order valence-electron chi connectivity index (χ2n) is 8.73. The zero-order valence-electron chi connectivity index (χ0n) is 21.1. The van der Waals surface area contributed by atoms with E-state index in [1.165, 1.54) is 7.11 Å². The summed E-state index contributed by atoms with van der Waals surface area (Å²) in [5, 5.41) is 6.27. The summed E-state index contributed by atoms with van der Waals surface area (Å²) in [6.45, 7) is 0.304. The number of anilines is 2. The van der Waals surface area contributed by atoms with Crippen molar-refractivity contribution in [2.45, 2.75) is 6.61 Å². The van der Waals surface area contributed by atoms with Crippen LogP contribution in [0.25, 0.3) is 0 Å². The maximum atomic E-state index is 12.8.